The number of aromatic nitrogens is 3. The molecule has 11 heteroatoms. The van der Waals surface area contributed by atoms with E-state index in [4.69, 9.17) is 14.4 Å². The van der Waals surface area contributed by atoms with Crippen LogP contribution in [-0.2, 0) is 10.0 Å². The molecule has 0 amide bonds. The van der Waals surface area contributed by atoms with E-state index in [1.165, 1.54) is 19.2 Å². The molecule has 10 nitrogen and oxygen atoms in total. The Morgan fingerprint density at radius 1 is 1.00 bits per heavy atom. The lowest BCUT2D eigenvalue weighted by Crippen LogP contribution is -2.11. The highest BCUT2D eigenvalue weighted by Gasteiger charge is 2.15. The van der Waals surface area contributed by atoms with E-state index < -0.39 is 10.0 Å². The van der Waals surface area contributed by atoms with E-state index in [0.717, 1.165) is 17.2 Å². The van der Waals surface area contributed by atoms with Crippen LogP contribution in [0, 0.1) is 0 Å². The molecular formula is C25H19N5O5S. The normalized spacial score (nSPS) is 11.4. The zero-order valence-electron chi connectivity index (χ0n) is 18.9. The molecule has 5 rings (SSSR count). The summed E-state index contributed by atoms with van der Waals surface area (Å²) < 4.78 is 33.7. The Hall–Kier alpha value is -4.61. The Kier molecular flexibility index (Phi) is 5.92. The van der Waals surface area contributed by atoms with Crippen LogP contribution in [0.25, 0.3) is 33.5 Å². The molecule has 0 spiro atoms. The second-order valence-corrected chi connectivity index (χ2v) is 9.34. The number of fused-ring (bicyclic) bond motifs is 1. The largest absolute Gasteiger partial charge is 0.496 e. The Morgan fingerprint density at radius 2 is 1.78 bits per heavy atom. The molecule has 2 aromatic heterocycles. The van der Waals surface area contributed by atoms with Gasteiger partial charge in [-0.25, -0.2) is 23.5 Å². The van der Waals surface area contributed by atoms with Crippen LogP contribution in [0.3, 0.4) is 0 Å². The van der Waals surface area contributed by atoms with Crippen LogP contribution in [0.15, 0.2) is 82.3 Å². The number of primary sulfonamides is 1. The standard InChI is InChI=1S/C25H19N5O5S/c1-34-23-9-3-16(12-17(23)14-31)24-20-13-15(2-8-22(20)30-35-24)21-10-11-27-25(29-21)28-18-4-6-19(7-5-18)36(26,32)33/h2-14H,1H3,(H2,26,32,33)(H,27,28,29). The molecule has 3 N–H and O–H groups in total. The summed E-state index contributed by atoms with van der Waals surface area (Å²) in [5.74, 6) is 1.31. The van der Waals surface area contributed by atoms with E-state index in [-0.39, 0.29) is 4.90 Å². The number of benzene rings is 3. The highest BCUT2D eigenvalue weighted by Crippen LogP contribution is 2.34. The van der Waals surface area contributed by atoms with Gasteiger partial charge in [-0.05, 0) is 60.7 Å². The van der Waals surface area contributed by atoms with Gasteiger partial charge in [-0.3, -0.25) is 4.79 Å². The smallest absolute Gasteiger partial charge is 0.238 e. The summed E-state index contributed by atoms with van der Waals surface area (Å²) in [7, 11) is -2.27. The molecule has 3 aromatic carbocycles. The van der Waals surface area contributed by atoms with Crippen LogP contribution in [0.1, 0.15) is 10.4 Å². The van der Waals surface area contributed by atoms with Gasteiger partial charge < -0.3 is 14.6 Å². The molecule has 36 heavy (non-hydrogen) atoms. The number of methoxy groups -OCH3 is 1. The summed E-state index contributed by atoms with van der Waals surface area (Å²) >= 11 is 0. The maximum atomic E-state index is 11.5. The number of ether oxygens (including phenoxy) is 1. The van der Waals surface area contributed by atoms with Crippen molar-refractivity contribution in [3.8, 4) is 28.3 Å². The molecular weight excluding hydrogens is 482 g/mol. The molecule has 5 aromatic rings. The third kappa shape index (κ3) is 4.52. The number of hydrogen-bond acceptors (Lipinski definition) is 9. The number of sulfonamides is 1. The number of nitrogens with zero attached hydrogens (tertiary/aromatic N) is 3. The topological polar surface area (TPSA) is 150 Å². The molecule has 2 heterocycles. The molecule has 180 valence electrons. The quantitative estimate of drug-likeness (QED) is 0.313. The number of nitrogens with two attached hydrogens (primary N) is 1. The average Bonchev–Trinajstić information content (AvgIpc) is 3.31. The van der Waals surface area contributed by atoms with Crippen molar-refractivity contribution in [3.63, 3.8) is 0 Å². The lowest BCUT2D eigenvalue weighted by Gasteiger charge is -2.08. The monoisotopic (exact) mass is 501 g/mol. The van der Waals surface area contributed by atoms with Crippen LogP contribution in [-0.4, -0.2) is 36.9 Å². The number of aldehydes is 1. The van der Waals surface area contributed by atoms with Crippen LogP contribution in [0.2, 0.25) is 0 Å². The van der Waals surface area contributed by atoms with Crippen molar-refractivity contribution in [3.05, 3.63) is 78.5 Å². The van der Waals surface area contributed by atoms with Crippen molar-refractivity contribution in [2.45, 2.75) is 4.90 Å². The molecule has 0 aliphatic heterocycles. The van der Waals surface area contributed by atoms with Gasteiger partial charge in [0, 0.05) is 23.0 Å². The van der Waals surface area contributed by atoms with Crippen LogP contribution in [0.5, 0.6) is 5.75 Å². The number of anilines is 2. The predicted octanol–water partition coefficient (Wildman–Crippen LogP) is 4.16. The molecule has 0 saturated carbocycles. The van der Waals surface area contributed by atoms with Crippen molar-refractivity contribution in [1.29, 1.82) is 0 Å². The van der Waals surface area contributed by atoms with Crippen LogP contribution < -0.4 is 15.2 Å². The van der Waals surface area contributed by atoms with E-state index in [1.807, 2.05) is 18.2 Å². The maximum absolute atomic E-state index is 11.5. The van der Waals surface area contributed by atoms with E-state index in [2.05, 4.69) is 20.4 Å². The highest BCUT2D eigenvalue weighted by atomic mass is 32.2. The fourth-order valence-electron chi connectivity index (χ4n) is 3.71. The van der Waals surface area contributed by atoms with E-state index in [9.17, 15) is 13.2 Å². The first-order valence-corrected chi connectivity index (χ1v) is 12.2. The van der Waals surface area contributed by atoms with Crippen molar-refractivity contribution in [2.24, 2.45) is 5.14 Å². The van der Waals surface area contributed by atoms with E-state index >= 15 is 0 Å². The van der Waals surface area contributed by atoms with Gasteiger partial charge in [-0.1, -0.05) is 11.2 Å². The Morgan fingerprint density at radius 3 is 2.50 bits per heavy atom. The van der Waals surface area contributed by atoms with Crippen molar-refractivity contribution < 1.29 is 22.5 Å². The molecule has 0 atom stereocenters. The zero-order valence-corrected chi connectivity index (χ0v) is 19.7. The predicted molar refractivity (Wildman–Crippen MR) is 134 cm³/mol. The first-order chi connectivity index (χ1) is 17.4. The van der Waals surface area contributed by atoms with Gasteiger partial charge in [0.2, 0.25) is 16.0 Å². The molecule has 0 aliphatic rings. The lowest BCUT2D eigenvalue weighted by molar-refractivity contribution is 0.112. The van der Waals surface area contributed by atoms with Gasteiger partial charge in [-0.15, -0.1) is 0 Å². The number of carbonyl (C=O) groups excluding carboxylic acids is 1. The summed E-state index contributed by atoms with van der Waals surface area (Å²) in [4.78, 5) is 20.3. The highest BCUT2D eigenvalue weighted by molar-refractivity contribution is 7.89. The van der Waals surface area contributed by atoms with Gasteiger partial charge in [0.05, 0.1) is 28.6 Å². The second-order valence-electron chi connectivity index (χ2n) is 7.78. The molecule has 0 bridgehead atoms. The Labute approximate surface area is 205 Å². The van der Waals surface area contributed by atoms with Gasteiger partial charge in [0.25, 0.3) is 0 Å². The Bertz CT molecular complexity index is 1700. The molecule has 0 unspecified atom stereocenters. The van der Waals surface area contributed by atoms with Crippen molar-refractivity contribution >= 4 is 38.8 Å². The third-order valence-corrected chi connectivity index (χ3v) is 6.41. The third-order valence-electron chi connectivity index (χ3n) is 5.49. The van der Waals surface area contributed by atoms with Crippen molar-refractivity contribution in [1.82, 2.24) is 15.1 Å². The summed E-state index contributed by atoms with van der Waals surface area (Å²) in [6.45, 7) is 0. The molecule has 0 aliphatic carbocycles. The minimum absolute atomic E-state index is 0.0117. The zero-order chi connectivity index (χ0) is 25.3. The molecule has 0 saturated heterocycles. The summed E-state index contributed by atoms with van der Waals surface area (Å²) in [5.41, 5.74) is 3.78. The van der Waals surface area contributed by atoms with Crippen LogP contribution in [0.4, 0.5) is 11.6 Å². The second kappa shape index (κ2) is 9.21. The minimum Gasteiger partial charge on any atom is -0.496 e. The summed E-state index contributed by atoms with van der Waals surface area (Å²) in [6, 6.07) is 18.5. The SMILES string of the molecule is COc1ccc(-c2onc3ccc(-c4ccnc(Nc5ccc(S(N)(=O)=O)cc5)n4)cc23)cc1C=O. The minimum atomic E-state index is -3.77. The number of carbonyl (C=O) groups is 1. The van der Waals surface area contributed by atoms with Gasteiger partial charge in [0.1, 0.15) is 11.3 Å². The number of hydrogen-bond donors (Lipinski definition) is 2. The van der Waals surface area contributed by atoms with E-state index in [0.29, 0.717) is 45.5 Å². The van der Waals surface area contributed by atoms with Crippen LogP contribution >= 0.6 is 0 Å². The Balaban J connectivity index is 1.47. The molecule has 0 fully saturated rings. The van der Waals surface area contributed by atoms with Gasteiger partial charge in [-0.2, -0.15) is 0 Å². The summed E-state index contributed by atoms with van der Waals surface area (Å²) in [6.07, 6.45) is 2.34. The maximum Gasteiger partial charge on any atom is 0.238 e. The summed E-state index contributed by atoms with van der Waals surface area (Å²) in [5, 5.41) is 13.1. The van der Waals surface area contributed by atoms with Crippen molar-refractivity contribution in [2.75, 3.05) is 12.4 Å². The molecule has 0 radical (unpaired) electrons. The van der Waals surface area contributed by atoms with Gasteiger partial charge in [0.15, 0.2) is 12.0 Å². The van der Waals surface area contributed by atoms with E-state index in [1.54, 1.807) is 42.6 Å². The lowest BCUT2D eigenvalue weighted by atomic mass is 10.0. The number of rotatable bonds is 7. The first-order valence-electron chi connectivity index (χ1n) is 10.6. The fraction of sp³-hybridized carbons (Fsp3) is 0.0400. The first kappa shape index (κ1) is 23.1. The number of nitrogens with one attached hydrogen (secondary N) is 1. The average molecular weight is 502 g/mol. The fourth-order valence-corrected chi connectivity index (χ4v) is 4.23. The van der Waals surface area contributed by atoms with Gasteiger partial charge >= 0.3 is 0 Å².